The summed E-state index contributed by atoms with van der Waals surface area (Å²) in [4.78, 5) is 15.6. The molecule has 110 valence electrons. The van der Waals surface area contributed by atoms with Gasteiger partial charge in [-0.25, -0.2) is 4.79 Å². The Morgan fingerprint density at radius 1 is 1.33 bits per heavy atom. The third-order valence-electron chi connectivity index (χ3n) is 3.44. The number of nitrogen functional groups attached to an aromatic ring is 1. The van der Waals surface area contributed by atoms with Crippen LogP contribution in [0.2, 0.25) is 0 Å². The van der Waals surface area contributed by atoms with Gasteiger partial charge in [0.2, 0.25) is 0 Å². The smallest absolute Gasteiger partial charge is 0.351 e. The van der Waals surface area contributed by atoms with E-state index in [0.29, 0.717) is 13.2 Å². The maximum atomic E-state index is 11.9. The molecule has 1 aromatic heterocycles. The highest BCUT2D eigenvalue weighted by Gasteiger charge is 2.31. The molecule has 3 rings (SSSR count). The van der Waals surface area contributed by atoms with Gasteiger partial charge in [0.1, 0.15) is 11.9 Å². The quantitative estimate of drug-likeness (QED) is 0.917. The molecule has 6 nitrogen and oxygen atoms in total. The molecule has 1 aliphatic heterocycles. The molecule has 0 saturated carbocycles. The molecule has 0 radical (unpaired) electrons. The fourth-order valence-corrected chi connectivity index (χ4v) is 2.38. The second-order valence-corrected chi connectivity index (χ2v) is 4.93. The number of hydrogen-bond donors (Lipinski definition) is 1. The lowest BCUT2D eigenvalue weighted by Crippen LogP contribution is -2.32. The van der Waals surface area contributed by atoms with Crippen LogP contribution in [-0.2, 0) is 16.1 Å². The van der Waals surface area contributed by atoms with Gasteiger partial charge >= 0.3 is 5.69 Å². The number of anilines is 1. The van der Waals surface area contributed by atoms with E-state index in [0.717, 1.165) is 12.0 Å². The molecule has 0 unspecified atom stereocenters. The summed E-state index contributed by atoms with van der Waals surface area (Å²) in [6.45, 7) is 1.05. The van der Waals surface area contributed by atoms with E-state index in [9.17, 15) is 4.79 Å². The molecule has 2 aromatic rings. The first-order valence-electron chi connectivity index (χ1n) is 6.86. The number of benzene rings is 1. The minimum absolute atomic E-state index is 0.173. The Morgan fingerprint density at radius 2 is 2.14 bits per heavy atom. The highest BCUT2D eigenvalue weighted by atomic mass is 16.6. The summed E-state index contributed by atoms with van der Waals surface area (Å²) >= 11 is 0. The van der Waals surface area contributed by atoms with Crippen molar-refractivity contribution in [3.8, 4) is 0 Å². The second kappa shape index (κ2) is 6.07. The van der Waals surface area contributed by atoms with E-state index in [-0.39, 0.29) is 11.9 Å². The first-order valence-corrected chi connectivity index (χ1v) is 6.86. The van der Waals surface area contributed by atoms with Crippen LogP contribution in [0.1, 0.15) is 18.2 Å². The standard InChI is InChI=1S/C15H17N3O3/c16-13-6-8-18(15(19)17-13)14-12(7-9-20-14)21-10-11-4-2-1-3-5-11/h1-6,8,12,14H,7,9-10H2,(H2,16,17,19)/t12-,14+/m0/s1. The molecule has 2 heterocycles. The molecule has 0 spiro atoms. The number of hydrogen-bond acceptors (Lipinski definition) is 5. The second-order valence-electron chi connectivity index (χ2n) is 4.93. The third kappa shape index (κ3) is 3.12. The summed E-state index contributed by atoms with van der Waals surface area (Å²) in [7, 11) is 0. The Hall–Kier alpha value is -2.18. The highest BCUT2D eigenvalue weighted by molar-refractivity contribution is 5.23. The Morgan fingerprint density at radius 3 is 2.90 bits per heavy atom. The normalized spacial score (nSPS) is 21.5. The van der Waals surface area contributed by atoms with Crippen molar-refractivity contribution in [3.63, 3.8) is 0 Å². The van der Waals surface area contributed by atoms with Gasteiger partial charge in [-0.2, -0.15) is 4.98 Å². The maximum absolute atomic E-state index is 11.9. The predicted octanol–water partition coefficient (Wildman–Crippen LogP) is 1.33. The van der Waals surface area contributed by atoms with Gasteiger partial charge < -0.3 is 15.2 Å². The van der Waals surface area contributed by atoms with Gasteiger partial charge in [-0.15, -0.1) is 0 Å². The maximum Gasteiger partial charge on any atom is 0.351 e. The molecule has 0 amide bonds. The van der Waals surface area contributed by atoms with E-state index in [1.165, 1.54) is 4.57 Å². The van der Waals surface area contributed by atoms with E-state index in [2.05, 4.69) is 4.98 Å². The lowest BCUT2D eigenvalue weighted by molar-refractivity contribution is -0.0555. The van der Waals surface area contributed by atoms with Crippen molar-refractivity contribution in [2.45, 2.75) is 25.4 Å². The average Bonchev–Trinajstić information content (AvgIpc) is 2.94. The zero-order valence-electron chi connectivity index (χ0n) is 11.5. The Kier molecular flexibility index (Phi) is 3.98. The zero-order valence-corrected chi connectivity index (χ0v) is 11.5. The minimum atomic E-state index is -0.450. The molecule has 21 heavy (non-hydrogen) atoms. The van der Waals surface area contributed by atoms with Crippen molar-refractivity contribution < 1.29 is 9.47 Å². The Labute approximate surface area is 122 Å². The van der Waals surface area contributed by atoms with Gasteiger partial charge in [-0.3, -0.25) is 4.57 Å². The predicted molar refractivity (Wildman–Crippen MR) is 77.5 cm³/mol. The lowest BCUT2D eigenvalue weighted by atomic mass is 10.2. The van der Waals surface area contributed by atoms with Gasteiger partial charge in [0.05, 0.1) is 13.2 Å². The van der Waals surface area contributed by atoms with E-state index >= 15 is 0 Å². The molecule has 0 aliphatic carbocycles. The van der Waals surface area contributed by atoms with Crippen LogP contribution < -0.4 is 11.4 Å². The molecule has 1 fully saturated rings. The summed E-state index contributed by atoms with van der Waals surface area (Å²) in [6.07, 6.45) is 1.72. The number of ether oxygens (including phenoxy) is 2. The summed E-state index contributed by atoms with van der Waals surface area (Å²) in [6, 6.07) is 11.5. The molecular formula is C15H17N3O3. The monoisotopic (exact) mass is 287 g/mol. The van der Waals surface area contributed by atoms with Crippen molar-refractivity contribution in [1.29, 1.82) is 0 Å². The molecule has 0 bridgehead atoms. The van der Waals surface area contributed by atoms with E-state index < -0.39 is 11.9 Å². The molecule has 6 heteroatoms. The number of nitrogens with zero attached hydrogens (tertiary/aromatic N) is 2. The number of aromatic nitrogens is 2. The van der Waals surface area contributed by atoms with Gasteiger partial charge in [-0.05, 0) is 11.6 Å². The van der Waals surface area contributed by atoms with Crippen molar-refractivity contribution in [2.24, 2.45) is 0 Å². The average molecular weight is 287 g/mol. The fourth-order valence-electron chi connectivity index (χ4n) is 2.38. The van der Waals surface area contributed by atoms with Gasteiger partial charge in [0.25, 0.3) is 0 Å². The van der Waals surface area contributed by atoms with Gasteiger partial charge in [0, 0.05) is 12.6 Å². The van der Waals surface area contributed by atoms with Crippen LogP contribution in [0.15, 0.2) is 47.4 Å². The zero-order chi connectivity index (χ0) is 14.7. The molecule has 2 N–H and O–H groups in total. The Balaban J connectivity index is 1.72. The molecule has 1 aromatic carbocycles. The van der Waals surface area contributed by atoms with Crippen LogP contribution in [0.4, 0.5) is 5.82 Å². The first-order chi connectivity index (χ1) is 10.2. The molecular weight excluding hydrogens is 270 g/mol. The van der Waals surface area contributed by atoms with E-state index in [1.54, 1.807) is 12.3 Å². The van der Waals surface area contributed by atoms with Crippen molar-refractivity contribution in [1.82, 2.24) is 9.55 Å². The topological polar surface area (TPSA) is 79.4 Å². The Bertz CT molecular complexity index is 657. The van der Waals surface area contributed by atoms with Crippen LogP contribution in [0.25, 0.3) is 0 Å². The van der Waals surface area contributed by atoms with Crippen LogP contribution in [0, 0.1) is 0 Å². The van der Waals surface area contributed by atoms with Crippen LogP contribution in [0.3, 0.4) is 0 Å². The SMILES string of the molecule is Nc1ccn([C@@H]2OCC[C@@H]2OCc2ccccc2)c(=O)n1. The number of rotatable bonds is 4. The molecule has 2 atom stereocenters. The fraction of sp³-hybridized carbons (Fsp3) is 0.333. The third-order valence-corrected chi connectivity index (χ3v) is 3.44. The summed E-state index contributed by atoms with van der Waals surface area (Å²) in [5.74, 6) is 0.205. The molecule has 1 aliphatic rings. The molecule has 1 saturated heterocycles. The van der Waals surface area contributed by atoms with Crippen LogP contribution >= 0.6 is 0 Å². The van der Waals surface area contributed by atoms with Crippen LogP contribution in [0.5, 0.6) is 0 Å². The van der Waals surface area contributed by atoms with Crippen molar-refractivity contribution in [3.05, 3.63) is 58.6 Å². The largest absolute Gasteiger partial charge is 0.383 e. The summed E-state index contributed by atoms with van der Waals surface area (Å²) < 4.78 is 12.9. The summed E-state index contributed by atoms with van der Waals surface area (Å²) in [5, 5.41) is 0. The highest BCUT2D eigenvalue weighted by Crippen LogP contribution is 2.26. The van der Waals surface area contributed by atoms with E-state index in [4.69, 9.17) is 15.2 Å². The van der Waals surface area contributed by atoms with Crippen molar-refractivity contribution >= 4 is 5.82 Å². The van der Waals surface area contributed by atoms with Crippen LogP contribution in [-0.4, -0.2) is 22.3 Å². The van der Waals surface area contributed by atoms with E-state index in [1.807, 2.05) is 30.3 Å². The van der Waals surface area contributed by atoms with Gasteiger partial charge in [-0.1, -0.05) is 30.3 Å². The lowest BCUT2D eigenvalue weighted by Gasteiger charge is -2.20. The number of nitrogens with two attached hydrogens (primary N) is 1. The van der Waals surface area contributed by atoms with Gasteiger partial charge in [0.15, 0.2) is 6.23 Å². The first kappa shape index (κ1) is 13.8. The summed E-state index contributed by atoms with van der Waals surface area (Å²) in [5.41, 5.74) is 6.17. The van der Waals surface area contributed by atoms with Crippen molar-refractivity contribution in [2.75, 3.05) is 12.3 Å². The minimum Gasteiger partial charge on any atom is -0.383 e.